The second kappa shape index (κ2) is 8.01. The van der Waals surface area contributed by atoms with Gasteiger partial charge in [-0.25, -0.2) is 0 Å². The topological polar surface area (TPSA) is 73.8 Å². The molecule has 0 unspecified atom stereocenters. The third-order valence-electron chi connectivity index (χ3n) is 6.29. The van der Waals surface area contributed by atoms with E-state index in [0.717, 1.165) is 11.1 Å². The van der Waals surface area contributed by atoms with E-state index < -0.39 is 0 Å². The summed E-state index contributed by atoms with van der Waals surface area (Å²) in [6, 6.07) is 7.84. The summed E-state index contributed by atoms with van der Waals surface area (Å²) >= 11 is 0. The Morgan fingerprint density at radius 2 is 1.23 bits per heavy atom. The van der Waals surface area contributed by atoms with Crippen molar-refractivity contribution in [1.29, 1.82) is 0 Å². The Balaban J connectivity index is 1.44. The molecule has 0 aliphatic carbocycles. The molecule has 166 valence electrons. The molecule has 3 heterocycles. The third kappa shape index (κ3) is 3.21. The number of benzene rings is 2. The van der Waals surface area contributed by atoms with Crippen molar-refractivity contribution in [2.45, 2.75) is 12.2 Å². The summed E-state index contributed by atoms with van der Waals surface area (Å²) < 4.78 is 45.6. The molecule has 3 aliphatic heterocycles. The second-order valence-electron chi connectivity index (χ2n) is 7.75. The molecule has 31 heavy (non-hydrogen) atoms. The molecule has 8 nitrogen and oxygen atoms in total. The number of hydrogen-bond donors (Lipinski definition) is 0. The van der Waals surface area contributed by atoms with E-state index in [2.05, 4.69) is 0 Å². The van der Waals surface area contributed by atoms with E-state index >= 15 is 0 Å². The van der Waals surface area contributed by atoms with Crippen LogP contribution in [-0.2, 0) is 9.47 Å². The smallest absolute Gasteiger partial charge is 0.231 e. The van der Waals surface area contributed by atoms with Gasteiger partial charge in [-0.2, -0.15) is 0 Å². The molecule has 0 spiro atoms. The number of ether oxygens (including phenoxy) is 8. The lowest BCUT2D eigenvalue weighted by molar-refractivity contribution is 0.0190. The summed E-state index contributed by atoms with van der Waals surface area (Å²) in [7, 11) is 6.44. The summed E-state index contributed by atoms with van der Waals surface area (Å²) in [5.41, 5.74) is 1.98. The van der Waals surface area contributed by atoms with Crippen LogP contribution < -0.4 is 28.4 Å². The van der Waals surface area contributed by atoms with Crippen molar-refractivity contribution in [1.82, 2.24) is 0 Å². The fourth-order valence-electron chi connectivity index (χ4n) is 4.81. The lowest BCUT2D eigenvalue weighted by Gasteiger charge is -2.20. The van der Waals surface area contributed by atoms with Crippen LogP contribution in [0, 0.1) is 11.8 Å². The van der Waals surface area contributed by atoms with E-state index in [9.17, 15) is 0 Å². The van der Waals surface area contributed by atoms with Gasteiger partial charge in [0.15, 0.2) is 23.0 Å². The lowest BCUT2D eigenvalue weighted by Crippen LogP contribution is -2.15. The van der Waals surface area contributed by atoms with Crippen molar-refractivity contribution >= 4 is 0 Å². The number of fused-ring (bicyclic) bond motifs is 2. The first kappa shape index (κ1) is 20.1. The number of methoxy groups -OCH3 is 4. The molecule has 2 fully saturated rings. The van der Waals surface area contributed by atoms with E-state index in [1.165, 1.54) is 0 Å². The zero-order valence-electron chi connectivity index (χ0n) is 18.0. The monoisotopic (exact) mass is 430 g/mol. The number of hydrogen-bond acceptors (Lipinski definition) is 8. The molecule has 0 N–H and O–H groups in total. The molecule has 4 atom stereocenters. The van der Waals surface area contributed by atoms with Crippen LogP contribution in [0.25, 0.3) is 0 Å². The van der Waals surface area contributed by atoms with Crippen LogP contribution in [-0.4, -0.2) is 48.4 Å². The molecule has 0 amide bonds. The second-order valence-corrected chi connectivity index (χ2v) is 7.75. The molecule has 2 saturated heterocycles. The SMILES string of the molecule is COc1cc([C@H]2OC[C@@H]3[C@@H]2CO[C@H]3c2cc(OC)c3c(c2)OCO3)cc(OC)c1OC. The van der Waals surface area contributed by atoms with E-state index in [-0.39, 0.29) is 30.8 Å². The van der Waals surface area contributed by atoms with Crippen molar-refractivity contribution in [3.05, 3.63) is 35.4 Å². The molecule has 0 bridgehead atoms. The minimum atomic E-state index is -0.125. The zero-order valence-corrected chi connectivity index (χ0v) is 18.0. The Bertz CT molecular complexity index is 949. The molecule has 2 aromatic rings. The predicted molar refractivity (Wildman–Crippen MR) is 110 cm³/mol. The van der Waals surface area contributed by atoms with Gasteiger partial charge in [0.05, 0.1) is 53.9 Å². The van der Waals surface area contributed by atoms with Gasteiger partial charge < -0.3 is 37.9 Å². The molecule has 3 aliphatic rings. The fraction of sp³-hybridized carbons (Fsp3) is 0.478. The van der Waals surface area contributed by atoms with Gasteiger partial charge >= 0.3 is 0 Å². The Morgan fingerprint density at radius 1 is 0.677 bits per heavy atom. The van der Waals surface area contributed by atoms with Crippen molar-refractivity contribution < 1.29 is 37.9 Å². The van der Waals surface area contributed by atoms with E-state index in [1.807, 2.05) is 24.3 Å². The number of rotatable bonds is 6. The van der Waals surface area contributed by atoms with E-state index in [4.69, 9.17) is 37.9 Å². The first-order valence-electron chi connectivity index (χ1n) is 10.2. The average Bonchev–Trinajstić information content (AvgIpc) is 3.53. The minimum Gasteiger partial charge on any atom is -0.493 e. The maximum Gasteiger partial charge on any atom is 0.231 e. The maximum atomic E-state index is 6.26. The minimum absolute atomic E-state index is 0.111. The summed E-state index contributed by atoms with van der Waals surface area (Å²) in [6.45, 7) is 1.37. The Kier molecular flexibility index (Phi) is 5.19. The molecule has 0 saturated carbocycles. The molecular formula is C23H26O8. The van der Waals surface area contributed by atoms with Crippen molar-refractivity contribution in [2.75, 3.05) is 48.4 Å². The van der Waals surface area contributed by atoms with Gasteiger partial charge in [-0.15, -0.1) is 0 Å². The molecular weight excluding hydrogens is 404 g/mol. The molecule has 8 heteroatoms. The summed E-state index contributed by atoms with van der Waals surface area (Å²) in [5, 5.41) is 0. The first-order valence-corrected chi connectivity index (χ1v) is 10.2. The molecule has 2 aromatic carbocycles. The average molecular weight is 430 g/mol. The fourth-order valence-corrected chi connectivity index (χ4v) is 4.81. The van der Waals surface area contributed by atoms with Crippen LogP contribution in [0.15, 0.2) is 24.3 Å². The Hall–Kier alpha value is -2.84. The first-order chi connectivity index (χ1) is 15.2. The lowest BCUT2D eigenvalue weighted by atomic mass is 9.84. The van der Waals surface area contributed by atoms with Gasteiger partial charge in [0.1, 0.15) is 0 Å². The van der Waals surface area contributed by atoms with Crippen LogP contribution in [0.2, 0.25) is 0 Å². The van der Waals surface area contributed by atoms with Crippen molar-refractivity contribution in [3.63, 3.8) is 0 Å². The summed E-state index contributed by atoms with van der Waals surface area (Å²) in [4.78, 5) is 0. The van der Waals surface area contributed by atoms with Crippen LogP contribution in [0.3, 0.4) is 0 Å². The van der Waals surface area contributed by atoms with Gasteiger partial charge in [0.2, 0.25) is 18.3 Å². The van der Waals surface area contributed by atoms with Gasteiger partial charge in [-0.05, 0) is 35.4 Å². The summed E-state index contributed by atoms with van der Waals surface area (Å²) in [5.74, 6) is 4.16. The predicted octanol–water partition coefficient (Wildman–Crippen LogP) is 3.52. The maximum absolute atomic E-state index is 6.26. The van der Waals surface area contributed by atoms with Crippen LogP contribution in [0.5, 0.6) is 34.5 Å². The Labute approximate surface area is 180 Å². The molecule has 0 radical (unpaired) electrons. The summed E-state index contributed by atoms with van der Waals surface area (Å²) in [6.07, 6.45) is -0.236. The molecule has 0 aromatic heterocycles. The van der Waals surface area contributed by atoms with Crippen molar-refractivity contribution in [3.8, 4) is 34.5 Å². The highest BCUT2D eigenvalue weighted by atomic mass is 16.7. The van der Waals surface area contributed by atoms with Gasteiger partial charge in [-0.1, -0.05) is 0 Å². The third-order valence-corrected chi connectivity index (χ3v) is 6.29. The largest absolute Gasteiger partial charge is 0.493 e. The van der Waals surface area contributed by atoms with Crippen molar-refractivity contribution in [2.24, 2.45) is 11.8 Å². The van der Waals surface area contributed by atoms with Gasteiger partial charge in [0, 0.05) is 11.8 Å². The van der Waals surface area contributed by atoms with E-state index in [1.54, 1.807) is 28.4 Å². The standard InChI is InChI=1S/C23H26O8/c1-24-16-5-12(6-17(25-2)22(16)27-4)20-14-9-29-21(15(14)10-28-20)13-7-18(26-3)23-19(8-13)30-11-31-23/h5-8,14-15,20-21H,9-11H2,1-4H3/t14-,15+,20+,21-/m0/s1. The zero-order chi connectivity index (χ0) is 21.5. The van der Waals surface area contributed by atoms with Crippen LogP contribution in [0.4, 0.5) is 0 Å². The van der Waals surface area contributed by atoms with Crippen LogP contribution in [0.1, 0.15) is 23.3 Å². The normalized spacial score (nSPS) is 25.9. The van der Waals surface area contributed by atoms with E-state index in [0.29, 0.717) is 47.7 Å². The highest BCUT2D eigenvalue weighted by molar-refractivity contribution is 5.56. The van der Waals surface area contributed by atoms with Gasteiger partial charge in [0.25, 0.3) is 0 Å². The van der Waals surface area contributed by atoms with Gasteiger partial charge in [-0.3, -0.25) is 0 Å². The highest BCUT2D eigenvalue weighted by Gasteiger charge is 2.48. The molecule has 5 rings (SSSR count). The highest BCUT2D eigenvalue weighted by Crippen LogP contribution is 2.54. The van der Waals surface area contributed by atoms with Crippen LogP contribution >= 0.6 is 0 Å². The Morgan fingerprint density at radius 3 is 1.77 bits per heavy atom. The quantitative estimate of drug-likeness (QED) is 0.689.